The lowest BCUT2D eigenvalue weighted by Gasteiger charge is -2.30. The van der Waals surface area contributed by atoms with E-state index >= 15 is 0 Å². The summed E-state index contributed by atoms with van der Waals surface area (Å²) < 4.78 is 13.0. The van der Waals surface area contributed by atoms with Gasteiger partial charge in [-0.15, -0.1) is 6.58 Å². The first kappa shape index (κ1) is 28.1. The number of amides is 2. The number of aromatic nitrogens is 1. The molecule has 9 nitrogen and oxygen atoms in total. The van der Waals surface area contributed by atoms with Crippen molar-refractivity contribution in [1.82, 2.24) is 9.47 Å². The van der Waals surface area contributed by atoms with Crippen molar-refractivity contribution in [2.75, 3.05) is 38.8 Å². The third-order valence-corrected chi connectivity index (χ3v) is 8.53. The molecule has 0 N–H and O–H groups in total. The summed E-state index contributed by atoms with van der Waals surface area (Å²) in [6.07, 6.45) is 1.66. The smallest absolute Gasteiger partial charge is 0.271 e. The zero-order valence-electron chi connectivity index (χ0n) is 23.8. The van der Waals surface area contributed by atoms with Gasteiger partial charge in [-0.25, -0.2) is 4.99 Å². The second-order valence-corrected chi connectivity index (χ2v) is 10.6. The second-order valence-electron chi connectivity index (χ2n) is 9.58. The third-order valence-electron chi connectivity index (χ3n) is 7.47. The minimum Gasteiger partial charge on any atom is -0.497 e. The van der Waals surface area contributed by atoms with Gasteiger partial charge in [-0.05, 0) is 45.0 Å². The molecule has 10 heteroatoms. The zero-order chi connectivity index (χ0) is 29.4. The summed E-state index contributed by atoms with van der Waals surface area (Å²) in [7, 11) is 3.10. The Labute approximate surface area is 242 Å². The number of rotatable bonds is 8. The standard InChI is InChI=1S/C31H32N4O5S/c1-7-16-34-22-13-11-10-12-20(22)25(29(34)37)27-30(38)35-26(21-17-19(39-5)14-15-23(21)40-6)24(18(4)32-31(35)41-27)28(36)33(8-2)9-3/h7,10-15,17,26H,1,8-9,16H2,2-6H3/b27-25-/t26-/m1/s1. The molecule has 2 amide bonds. The molecule has 212 valence electrons. The number of para-hydroxylation sites is 1. The highest BCUT2D eigenvalue weighted by atomic mass is 32.1. The number of allylic oxidation sites excluding steroid dienone is 1. The largest absolute Gasteiger partial charge is 0.497 e. The minimum atomic E-state index is -0.852. The summed E-state index contributed by atoms with van der Waals surface area (Å²) in [6, 6.07) is 11.8. The van der Waals surface area contributed by atoms with E-state index in [2.05, 4.69) is 6.58 Å². The summed E-state index contributed by atoms with van der Waals surface area (Å²) in [6.45, 7) is 10.7. The van der Waals surface area contributed by atoms with Gasteiger partial charge in [-0.3, -0.25) is 19.0 Å². The van der Waals surface area contributed by atoms with Crippen LogP contribution in [0.25, 0.3) is 5.57 Å². The number of ether oxygens (including phenoxy) is 2. The second kappa shape index (κ2) is 11.2. The molecule has 0 unspecified atom stereocenters. The quantitative estimate of drug-likeness (QED) is 0.387. The van der Waals surface area contributed by atoms with Crippen molar-refractivity contribution >= 4 is 34.4 Å². The lowest BCUT2D eigenvalue weighted by Crippen LogP contribution is -2.43. The Bertz CT molecular complexity index is 1780. The Balaban J connectivity index is 1.86. The van der Waals surface area contributed by atoms with Gasteiger partial charge in [0.2, 0.25) is 0 Å². The maximum Gasteiger partial charge on any atom is 0.271 e. The predicted octanol–water partition coefficient (Wildman–Crippen LogP) is 3.02. The molecular formula is C31H32N4O5S. The Kier molecular flexibility index (Phi) is 7.68. The number of hydrogen-bond donors (Lipinski definition) is 0. The van der Waals surface area contributed by atoms with Crippen LogP contribution in [0.4, 0.5) is 5.69 Å². The molecule has 2 aliphatic rings. The Morgan fingerprint density at radius 1 is 1.12 bits per heavy atom. The Morgan fingerprint density at radius 3 is 2.51 bits per heavy atom. The number of benzene rings is 2. The molecule has 5 rings (SSSR count). The van der Waals surface area contributed by atoms with Gasteiger partial charge in [0.25, 0.3) is 17.4 Å². The fourth-order valence-corrected chi connectivity index (χ4v) is 6.62. The van der Waals surface area contributed by atoms with Gasteiger partial charge in [0, 0.05) is 30.8 Å². The van der Waals surface area contributed by atoms with E-state index in [-0.39, 0.29) is 16.3 Å². The summed E-state index contributed by atoms with van der Waals surface area (Å²) in [5, 5.41) is 0. The van der Waals surface area contributed by atoms with Crippen LogP contribution in [0.15, 0.2) is 76.2 Å². The lowest BCUT2D eigenvalue weighted by atomic mass is 9.93. The normalized spacial score (nSPS) is 17.1. The molecule has 3 heterocycles. The SMILES string of the molecule is C=CCN1C(=O)/C(=c2\sc3n(c2=O)[C@H](c2cc(OC)ccc2OC)C(C(=O)N(CC)CC)=C(C)N=3)c2ccccc21. The molecule has 3 aromatic rings. The molecule has 0 bridgehead atoms. The lowest BCUT2D eigenvalue weighted by molar-refractivity contribution is -0.127. The van der Waals surface area contributed by atoms with Crippen LogP contribution in [-0.4, -0.2) is 55.1 Å². The number of anilines is 1. The van der Waals surface area contributed by atoms with Gasteiger partial charge in [0.05, 0.1) is 36.8 Å². The first-order chi connectivity index (χ1) is 19.8. The number of nitrogens with zero attached hydrogens (tertiary/aromatic N) is 4. The molecule has 0 radical (unpaired) electrons. The van der Waals surface area contributed by atoms with E-state index in [9.17, 15) is 14.4 Å². The number of carbonyl (C=O) groups is 2. The van der Waals surface area contributed by atoms with Crippen LogP contribution in [-0.2, 0) is 9.59 Å². The average molecular weight is 573 g/mol. The fraction of sp³-hybridized carbons (Fsp3) is 0.290. The summed E-state index contributed by atoms with van der Waals surface area (Å²) in [4.78, 5) is 50.6. The zero-order valence-corrected chi connectivity index (χ0v) is 24.6. The van der Waals surface area contributed by atoms with Crippen LogP contribution in [0.5, 0.6) is 11.5 Å². The molecule has 2 aromatic carbocycles. The molecule has 0 aliphatic carbocycles. The molecule has 0 spiro atoms. The van der Waals surface area contributed by atoms with Gasteiger partial charge in [-0.1, -0.05) is 35.6 Å². The summed E-state index contributed by atoms with van der Waals surface area (Å²) >= 11 is 1.15. The highest BCUT2D eigenvalue weighted by Gasteiger charge is 2.38. The van der Waals surface area contributed by atoms with Gasteiger partial charge >= 0.3 is 0 Å². The average Bonchev–Trinajstić information content (AvgIpc) is 3.44. The van der Waals surface area contributed by atoms with Crippen molar-refractivity contribution in [3.05, 3.63) is 97.2 Å². The number of methoxy groups -OCH3 is 2. The maximum absolute atomic E-state index is 14.4. The van der Waals surface area contributed by atoms with Crippen molar-refractivity contribution in [3.63, 3.8) is 0 Å². The number of likely N-dealkylation sites (N-methyl/N-ethyl adjacent to an activating group) is 1. The van der Waals surface area contributed by atoms with Gasteiger partial charge in [0.15, 0.2) is 4.80 Å². The maximum atomic E-state index is 14.4. The molecule has 1 atom stereocenters. The molecular weight excluding hydrogens is 540 g/mol. The molecule has 0 saturated carbocycles. The van der Waals surface area contributed by atoms with Crippen LogP contribution >= 0.6 is 11.3 Å². The van der Waals surface area contributed by atoms with E-state index in [1.807, 2.05) is 38.1 Å². The van der Waals surface area contributed by atoms with E-state index in [1.54, 1.807) is 55.2 Å². The van der Waals surface area contributed by atoms with Crippen molar-refractivity contribution in [1.29, 1.82) is 0 Å². The number of fused-ring (bicyclic) bond motifs is 2. The molecule has 0 fully saturated rings. The first-order valence-electron chi connectivity index (χ1n) is 13.4. The highest BCUT2D eigenvalue weighted by Crippen LogP contribution is 2.39. The summed E-state index contributed by atoms with van der Waals surface area (Å²) in [5.41, 5.74) is 2.77. The van der Waals surface area contributed by atoms with E-state index in [0.717, 1.165) is 17.0 Å². The van der Waals surface area contributed by atoms with E-state index in [4.69, 9.17) is 14.5 Å². The number of hydrogen-bond acceptors (Lipinski definition) is 7. The van der Waals surface area contributed by atoms with Crippen molar-refractivity contribution in [2.45, 2.75) is 26.8 Å². The molecule has 0 saturated heterocycles. The third kappa shape index (κ3) is 4.48. The molecule has 1 aromatic heterocycles. The highest BCUT2D eigenvalue weighted by molar-refractivity contribution is 7.07. The van der Waals surface area contributed by atoms with E-state index in [1.165, 1.54) is 4.57 Å². The Morgan fingerprint density at radius 2 is 1.85 bits per heavy atom. The van der Waals surface area contributed by atoms with Crippen molar-refractivity contribution in [2.24, 2.45) is 4.99 Å². The first-order valence-corrected chi connectivity index (χ1v) is 14.2. The summed E-state index contributed by atoms with van der Waals surface area (Å²) in [5.74, 6) is 0.550. The van der Waals surface area contributed by atoms with Crippen molar-refractivity contribution in [3.8, 4) is 11.5 Å². The number of carbonyl (C=O) groups excluding carboxylic acids is 2. The van der Waals surface area contributed by atoms with Gasteiger partial charge < -0.3 is 19.3 Å². The minimum absolute atomic E-state index is 0.219. The van der Waals surface area contributed by atoms with Crippen molar-refractivity contribution < 1.29 is 19.1 Å². The topological polar surface area (TPSA) is 93.4 Å². The van der Waals surface area contributed by atoms with Gasteiger partial charge in [-0.2, -0.15) is 0 Å². The monoisotopic (exact) mass is 572 g/mol. The van der Waals surface area contributed by atoms with E-state index < -0.39 is 11.6 Å². The number of thiazole rings is 1. The fourth-order valence-electron chi connectivity index (χ4n) is 5.48. The predicted molar refractivity (Wildman–Crippen MR) is 159 cm³/mol. The van der Waals surface area contributed by atoms with Crippen LogP contribution in [0.2, 0.25) is 0 Å². The van der Waals surface area contributed by atoms with Gasteiger partial charge in [0.1, 0.15) is 22.1 Å². The van der Waals surface area contributed by atoms with Crippen LogP contribution in [0.1, 0.15) is 37.9 Å². The van der Waals surface area contributed by atoms with Crippen LogP contribution < -0.4 is 29.3 Å². The van der Waals surface area contributed by atoms with Crippen LogP contribution in [0.3, 0.4) is 0 Å². The molecule has 2 aliphatic heterocycles. The van der Waals surface area contributed by atoms with E-state index in [0.29, 0.717) is 63.9 Å². The molecule has 41 heavy (non-hydrogen) atoms. The van der Waals surface area contributed by atoms with Crippen LogP contribution in [0, 0.1) is 0 Å². The Hall–Kier alpha value is -4.44.